The van der Waals surface area contributed by atoms with Gasteiger partial charge in [0, 0.05) is 43.1 Å². The van der Waals surface area contributed by atoms with Gasteiger partial charge in [-0.15, -0.1) is 0 Å². The van der Waals surface area contributed by atoms with Gasteiger partial charge in [-0.05, 0) is 29.3 Å². The van der Waals surface area contributed by atoms with E-state index in [4.69, 9.17) is 11.6 Å². The van der Waals surface area contributed by atoms with E-state index >= 15 is 0 Å². The molecule has 0 unspecified atom stereocenters. The van der Waals surface area contributed by atoms with Gasteiger partial charge in [-0.25, -0.2) is 0 Å². The number of nitrogens with zero attached hydrogens (tertiary/aromatic N) is 3. The highest BCUT2D eigenvalue weighted by Crippen LogP contribution is 2.29. The number of amides is 1. The molecule has 5 nitrogen and oxygen atoms in total. The minimum absolute atomic E-state index is 0.0751. The highest BCUT2D eigenvalue weighted by atomic mass is 35.5. The Bertz CT molecular complexity index is 1110. The van der Waals surface area contributed by atoms with Crippen molar-refractivity contribution in [2.45, 2.75) is 6.04 Å². The molecule has 0 bridgehead atoms. The molecule has 1 aliphatic heterocycles. The number of carbonyl (C=O) groups excluding carboxylic acids is 1. The van der Waals surface area contributed by atoms with Crippen LogP contribution in [0, 0.1) is 11.3 Å². The van der Waals surface area contributed by atoms with Gasteiger partial charge in [0.05, 0.1) is 6.04 Å². The van der Waals surface area contributed by atoms with Crippen LogP contribution in [0.1, 0.15) is 17.2 Å². The van der Waals surface area contributed by atoms with E-state index in [9.17, 15) is 10.1 Å². The van der Waals surface area contributed by atoms with Crippen LogP contribution in [0.25, 0.3) is 0 Å². The van der Waals surface area contributed by atoms with Crippen molar-refractivity contribution in [2.75, 3.05) is 31.5 Å². The van der Waals surface area contributed by atoms with Crippen LogP contribution in [0.4, 0.5) is 5.69 Å². The number of nitriles is 1. The molecule has 3 aromatic rings. The first kappa shape index (κ1) is 22.6. The quantitative estimate of drug-likeness (QED) is 0.414. The summed E-state index contributed by atoms with van der Waals surface area (Å²) in [5.74, 6) is -0.261. The third-order valence-electron chi connectivity index (χ3n) is 5.76. The average molecular weight is 457 g/mol. The summed E-state index contributed by atoms with van der Waals surface area (Å²) in [4.78, 5) is 17.1. The van der Waals surface area contributed by atoms with Crippen molar-refractivity contribution in [3.8, 4) is 6.07 Å². The number of piperazine rings is 1. The molecule has 1 amide bonds. The average Bonchev–Trinajstić information content (AvgIpc) is 2.86. The zero-order chi connectivity index (χ0) is 23.0. The molecule has 0 spiro atoms. The Hall–Kier alpha value is -3.59. The van der Waals surface area contributed by atoms with Gasteiger partial charge in [0.15, 0.2) is 0 Å². The van der Waals surface area contributed by atoms with Crippen molar-refractivity contribution >= 4 is 23.2 Å². The van der Waals surface area contributed by atoms with Crippen LogP contribution in [0.2, 0.25) is 5.02 Å². The number of halogens is 1. The minimum atomic E-state index is -0.261. The Kier molecular flexibility index (Phi) is 7.41. The number of anilines is 1. The fourth-order valence-electron chi connectivity index (χ4n) is 4.11. The lowest BCUT2D eigenvalue weighted by Crippen LogP contribution is -2.50. The number of hydrogen-bond acceptors (Lipinski definition) is 4. The summed E-state index contributed by atoms with van der Waals surface area (Å²) >= 11 is 6.00. The third kappa shape index (κ3) is 5.61. The first-order valence-corrected chi connectivity index (χ1v) is 11.3. The Balaban J connectivity index is 1.45. The third-order valence-corrected chi connectivity index (χ3v) is 5.99. The predicted molar refractivity (Wildman–Crippen MR) is 132 cm³/mol. The van der Waals surface area contributed by atoms with Gasteiger partial charge in [-0.3, -0.25) is 9.69 Å². The SMILES string of the molecule is N#C/C(=C/Nc1cccc(Cl)c1)C(=O)N1CCN(C(c2ccccc2)c2ccccc2)CC1. The lowest BCUT2D eigenvalue weighted by atomic mass is 9.96. The predicted octanol–water partition coefficient (Wildman–Crippen LogP) is 5.09. The number of hydrogen-bond donors (Lipinski definition) is 1. The highest BCUT2D eigenvalue weighted by molar-refractivity contribution is 6.30. The number of nitrogens with one attached hydrogen (secondary N) is 1. The van der Waals surface area contributed by atoms with Crippen molar-refractivity contribution in [1.82, 2.24) is 9.80 Å². The number of benzene rings is 3. The van der Waals surface area contributed by atoms with Gasteiger partial charge >= 0.3 is 0 Å². The summed E-state index contributed by atoms with van der Waals surface area (Å²) in [5, 5.41) is 13.1. The molecule has 1 heterocycles. The van der Waals surface area contributed by atoms with Crippen LogP contribution in [-0.4, -0.2) is 41.9 Å². The van der Waals surface area contributed by atoms with Crippen LogP contribution in [0.5, 0.6) is 0 Å². The van der Waals surface area contributed by atoms with E-state index in [0.29, 0.717) is 18.1 Å². The topological polar surface area (TPSA) is 59.4 Å². The van der Waals surface area contributed by atoms with E-state index in [0.717, 1.165) is 18.8 Å². The highest BCUT2D eigenvalue weighted by Gasteiger charge is 2.29. The molecule has 3 aromatic carbocycles. The summed E-state index contributed by atoms with van der Waals surface area (Å²) < 4.78 is 0. The maximum absolute atomic E-state index is 13.0. The maximum atomic E-state index is 13.0. The molecule has 1 N–H and O–H groups in total. The standard InChI is InChI=1S/C27H25ClN4O/c28-24-12-7-13-25(18-24)30-20-23(19-29)27(33)32-16-14-31(15-17-32)26(21-8-3-1-4-9-21)22-10-5-2-6-11-22/h1-13,18,20,26,30H,14-17H2/b23-20-. The fourth-order valence-corrected chi connectivity index (χ4v) is 4.30. The molecule has 4 rings (SSSR count). The van der Waals surface area contributed by atoms with E-state index in [1.807, 2.05) is 30.3 Å². The number of carbonyl (C=O) groups is 1. The fraction of sp³-hybridized carbons (Fsp3) is 0.185. The maximum Gasteiger partial charge on any atom is 0.266 e. The van der Waals surface area contributed by atoms with Crippen LogP contribution in [-0.2, 0) is 4.79 Å². The van der Waals surface area contributed by atoms with Crippen LogP contribution in [0.15, 0.2) is 96.7 Å². The first-order chi connectivity index (χ1) is 16.2. The van der Waals surface area contributed by atoms with Gasteiger partial charge in [-0.2, -0.15) is 5.26 Å². The van der Waals surface area contributed by atoms with E-state index < -0.39 is 0 Å². The van der Waals surface area contributed by atoms with Crippen molar-refractivity contribution in [3.05, 3.63) is 113 Å². The molecular weight excluding hydrogens is 432 g/mol. The van der Waals surface area contributed by atoms with Gasteiger partial charge in [0.2, 0.25) is 0 Å². The van der Waals surface area contributed by atoms with Gasteiger partial charge in [0.1, 0.15) is 11.6 Å². The molecule has 166 valence electrons. The molecule has 33 heavy (non-hydrogen) atoms. The molecule has 0 atom stereocenters. The zero-order valence-corrected chi connectivity index (χ0v) is 18.9. The van der Waals surface area contributed by atoms with Crippen LogP contribution >= 0.6 is 11.6 Å². The Labute approximate surface area is 199 Å². The lowest BCUT2D eigenvalue weighted by molar-refractivity contribution is -0.128. The summed E-state index contributed by atoms with van der Waals surface area (Å²) in [6.07, 6.45) is 1.46. The second-order valence-electron chi connectivity index (χ2n) is 7.88. The molecule has 0 saturated carbocycles. The zero-order valence-electron chi connectivity index (χ0n) is 18.2. The Morgan fingerprint density at radius 1 is 0.909 bits per heavy atom. The lowest BCUT2D eigenvalue weighted by Gasteiger charge is -2.39. The van der Waals surface area contributed by atoms with Crippen LogP contribution < -0.4 is 5.32 Å². The van der Waals surface area contributed by atoms with Gasteiger partial charge in [0.25, 0.3) is 5.91 Å². The summed E-state index contributed by atoms with van der Waals surface area (Å²) in [5.41, 5.74) is 3.26. The molecule has 1 aliphatic rings. The van der Waals surface area contributed by atoms with E-state index in [1.54, 1.807) is 17.0 Å². The first-order valence-electron chi connectivity index (χ1n) is 10.9. The van der Waals surface area contributed by atoms with Crippen molar-refractivity contribution in [1.29, 1.82) is 5.26 Å². The number of rotatable bonds is 6. The normalized spacial score (nSPS) is 14.7. The molecular formula is C27H25ClN4O. The van der Waals surface area contributed by atoms with E-state index in [1.165, 1.54) is 17.3 Å². The molecule has 1 fully saturated rings. The van der Waals surface area contributed by atoms with Crippen LogP contribution in [0.3, 0.4) is 0 Å². The smallest absolute Gasteiger partial charge is 0.266 e. The monoisotopic (exact) mass is 456 g/mol. The summed E-state index contributed by atoms with van der Waals surface area (Å²) in [6.45, 7) is 2.57. The van der Waals surface area contributed by atoms with Crippen molar-refractivity contribution in [3.63, 3.8) is 0 Å². The Morgan fingerprint density at radius 2 is 1.52 bits per heavy atom. The molecule has 0 radical (unpaired) electrons. The molecule has 0 aliphatic carbocycles. The van der Waals surface area contributed by atoms with Gasteiger partial charge < -0.3 is 10.2 Å². The largest absolute Gasteiger partial charge is 0.360 e. The van der Waals surface area contributed by atoms with E-state index in [-0.39, 0.29) is 17.5 Å². The second kappa shape index (κ2) is 10.8. The minimum Gasteiger partial charge on any atom is -0.360 e. The molecule has 0 aromatic heterocycles. The summed E-state index contributed by atoms with van der Waals surface area (Å²) in [7, 11) is 0. The molecule has 1 saturated heterocycles. The van der Waals surface area contributed by atoms with E-state index in [2.05, 4.69) is 58.7 Å². The Morgan fingerprint density at radius 3 is 2.06 bits per heavy atom. The molecule has 6 heteroatoms. The van der Waals surface area contributed by atoms with Gasteiger partial charge in [-0.1, -0.05) is 78.3 Å². The van der Waals surface area contributed by atoms with Crippen molar-refractivity contribution in [2.24, 2.45) is 0 Å². The van der Waals surface area contributed by atoms with Crippen molar-refractivity contribution < 1.29 is 4.79 Å². The second-order valence-corrected chi connectivity index (χ2v) is 8.31. The summed E-state index contributed by atoms with van der Waals surface area (Å²) in [6, 6.07) is 30.2.